The van der Waals surface area contributed by atoms with Gasteiger partial charge in [-0.2, -0.15) is 0 Å². The highest BCUT2D eigenvalue weighted by molar-refractivity contribution is 5.94. The number of carbonyl (C=O) groups excluding carboxylic acids is 1. The number of methoxy groups -OCH3 is 1. The van der Waals surface area contributed by atoms with Gasteiger partial charge in [0.05, 0.1) is 12.6 Å². The number of benzene rings is 1. The van der Waals surface area contributed by atoms with Crippen LogP contribution < -0.4 is 5.32 Å². The van der Waals surface area contributed by atoms with Crippen molar-refractivity contribution in [3.8, 4) is 5.75 Å². The van der Waals surface area contributed by atoms with Crippen molar-refractivity contribution in [2.24, 2.45) is 0 Å². The Morgan fingerprint density at radius 2 is 2.06 bits per heavy atom. The van der Waals surface area contributed by atoms with Crippen molar-refractivity contribution in [2.75, 3.05) is 20.3 Å². The number of hydrogen-bond acceptors (Lipinski definition) is 4. The van der Waals surface area contributed by atoms with Gasteiger partial charge in [-0.05, 0) is 30.7 Å². The normalized spacial score (nSPS) is 12.1. The van der Waals surface area contributed by atoms with Crippen molar-refractivity contribution >= 4 is 5.91 Å². The first-order chi connectivity index (χ1) is 8.17. The second-order valence-corrected chi connectivity index (χ2v) is 3.68. The van der Waals surface area contributed by atoms with Crippen LogP contribution in [0.2, 0.25) is 0 Å². The van der Waals surface area contributed by atoms with Crippen LogP contribution >= 0.6 is 0 Å². The van der Waals surface area contributed by atoms with Crippen LogP contribution in [0.25, 0.3) is 0 Å². The number of ether oxygens (including phenoxy) is 1. The standard InChI is InChI=1S/C12H17NO4/c1-17-7-6-10(8-14)13-12(16)9-2-4-11(15)5-3-9/h2-5,10,14-15H,6-8H2,1H3,(H,13,16). The summed E-state index contributed by atoms with van der Waals surface area (Å²) in [6.07, 6.45) is 0.552. The Bertz CT molecular complexity index is 350. The zero-order chi connectivity index (χ0) is 12.7. The summed E-state index contributed by atoms with van der Waals surface area (Å²) in [6, 6.07) is 5.61. The molecule has 0 heterocycles. The summed E-state index contributed by atoms with van der Waals surface area (Å²) >= 11 is 0. The fourth-order valence-corrected chi connectivity index (χ4v) is 1.35. The predicted octanol–water partition coefficient (Wildman–Crippen LogP) is 0.519. The van der Waals surface area contributed by atoms with Crippen LogP contribution in [0.3, 0.4) is 0 Å². The highest BCUT2D eigenvalue weighted by Crippen LogP contribution is 2.09. The second kappa shape index (κ2) is 6.88. The first-order valence-electron chi connectivity index (χ1n) is 5.37. The Balaban J connectivity index is 2.54. The Hall–Kier alpha value is -1.59. The van der Waals surface area contributed by atoms with E-state index in [1.165, 1.54) is 24.3 Å². The molecule has 0 fully saturated rings. The number of aliphatic hydroxyl groups excluding tert-OH is 1. The van der Waals surface area contributed by atoms with Gasteiger partial charge >= 0.3 is 0 Å². The highest BCUT2D eigenvalue weighted by atomic mass is 16.5. The quantitative estimate of drug-likeness (QED) is 0.676. The summed E-state index contributed by atoms with van der Waals surface area (Å²) in [5, 5.41) is 20.9. The average Bonchev–Trinajstić information content (AvgIpc) is 2.35. The molecule has 1 amide bonds. The summed E-state index contributed by atoms with van der Waals surface area (Å²) in [7, 11) is 1.57. The number of carbonyl (C=O) groups is 1. The third kappa shape index (κ3) is 4.42. The van der Waals surface area contributed by atoms with Crippen LogP contribution in [0.15, 0.2) is 24.3 Å². The molecule has 0 aliphatic rings. The zero-order valence-electron chi connectivity index (χ0n) is 9.72. The second-order valence-electron chi connectivity index (χ2n) is 3.68. The fraction of sp³-hybridized carbons (Fsp3) is 0.417. The van der Waals surface area contributed by atoms with Crippen LogP contribution in [0.5, 0.6) is 5.75 Å². The molecule has 5 nitrogen and oxygen atoms in total. The van der Waals surface area contributed by atoms with Gasteiger partial charge < -0.3 is 20.3 Å². The Kier molecular flexibility index (Phi) is 5.45. The van der Waals surface area contributed by atoms with Crippen LogP contribution in [0, 0.1) is 0 Å². The molecule has 0 bridgehead atoms. The largest absolute Gasteiger partial charge is 0.508 e. The van der Waals surface area contributed by atoms with E-state index in [0.29, 0.717) is 18.6 Å². The van der Waals surface area contributed by atoms with Crippen molar-refractivity contribution in [3.63, 3.8) is 0 Å². The molecule has 94 valence electrons. The molecule has 1 unspecified atom stereocenters. The molecule has 0 saturated carbocycles. The van der Waals surface area contributed by atoms with Gasteiger partial charge in [-0.25, -0.2) is 0 Å². The molecule has 0 aromatic heterocycles. The van der Waals surface area contributed by atoms with Crippen molar-refractivity contribution in [3.05, 3.63) is 29.8 Å². The third-order valence-electron chi connectivity index (χ3n) is 2.36. The van der Waals surface area contributed by atoms with Gasteiger partial charge in [0.2, 0.25) is 0 Å². The van der Waals surface area contributed by atoms with Crippen LogP contribution in [-0.2, 0) is 4.74 Å². The van der Waals surface area contributed by atoms with E-state index < -0.39 is 0 Å². The number of nitrogens with one attached hydrogen (secondary N) is 1. The predicted molar refractivity (Wildman–Crippen MR) is 62.9 cm³/mol. The molecule has 0 radical (unpaired) electrons. The van der Waals surface area contributed by atoms with E-state index >= 15 is 0 Å². The molecule has 5 heteroatoms. The maximum atomic E-state index is 11.7. The summed E-state index contributed by atoms with van der Waals surface area (Å²) in [6.45, 7) is 0.342. The molecular weight excluding hydrogens is 222 g/mol. The SMILES string of the molecule is COCCC(CO)NC(=O)c1ccc(O)cc1. The van der Waals surface area contributed by atoms with E-state index in [1.54, 1.807) is 7.11 Å². The minimum atomic E-state index is -0.323. The van der Waals surface area contributed by atoms with Gasteiger partial charge in [0.25, 0.3) is 5.91 Å². The lowest BCUT2D eigenvalue weighted by atomic mass is 10.1. The van der Waals surface area contributed by atoms with E-state index in [-0.39, 0.29) is 24.3 Å². The minimum Gasteiger partial charge on any atom is -0.508 e. The monoisotopic (exact) mass is 239 g/mol. The average molecular weight is 239 g/mol. The van der Waals surface area contributed by atoms with E-state index in [4.69, 9.17) is 14.9 Å². The number of phenolic OH excluding ortho intramolecular Hbond substituents is 1. The van der Waals surface area contributed by atoms with Crippen molar-refractivity contribution in [2.45, 2.75) is 12.5 Å². The van der Waals surface area contributed by atoms with Crippen molar-refractivity contribution < 1.29 is 19.7 Å². The summed E-state index contributed by atoms with van der Waals surface area (Å²) < 4.78 is 4.88. The van der Waals surface area contributed by atoms with Gasteiger partial charge in [0.15, 0.2) is 0 Å². The highest BCUT2D eigenvalue weighted by Gasteiger charge is 2.12. The molecule has 1 aromatic rings. The van der Waals surface area contributed by atoms with Crippen LogP contribution in [-0.4, -0.2) is 42.5 Å². The maximum Gasteiger partial charge on any atom is 0.251 e. The Morgan fingerprint density at radius 1 is 1.41 bits per heavy atom. The van der Waals surface area contributed by atoms with Gasteiger partial charge in [0.1, 0.15) is 5.75 Å². The lowest BCUT2D eigenvalue weighted by Gasteiger charge is -2.15. The van der Waals surface area contributed by atoms with Gasteiger partial charge in [-0.1, -0.05) is 0 Å². The topological polar surface area (TPSA) is 78.8 Å². The lowest BCUT2D eigenvalue weighted by Crippen LogP contribution is -2.38. The minimum absolute atomic E-state index is 0.111. The molecule has 3 N–H and O–H groups in total. The number of rotatable bonds is 6. The van der Waals surface area contributed by atoms with Crippen LogP contribution in [0.4, 0.5) is 0 Å². The van der Waals surface area contributed by atoms with E-state index in [9.17, 15) is 4.79 Å². The summed E-state index contributed by atoms with van der Waals surface area (Å²) in [4.78, 5) is 11.7. The van der Waals surface area contributed by atoms with E-state index in [2.05, 4.69) is 5.32 Å². The van der Waals surface area contributed by atoms with Crippen molar-refractivity contribution in [1.82, 2.24) is 5.32 Å². The van der Waals surface area contributed by atoms with Gasteiger partial charge in [-0.15, -0.1) is 0 Å². The third-order valence-corrected chi connectivity index (χ3v) is 2.36. The number of phenols is 1. The van der Waals surface area contributed by atoms with E-state index in [1.807, 2.05) is 0 Å². The Morgan fingerprint density at radius 3 is 2.59 bits per heavy atom. The van der Waals surface area contributed by atoms with Crippen molar-refractivity contribution in [1.29, 1.82) is 0 Å². The molecule has 0 aliphatic heterocycles. The first-order valence-corrected chi connectivity index (χ1v) is 5.37. The molecule has 1 rings (SSSR count). The summed E-state index contributed by atoms with van der Waals surface area (Å²) in [5.74, 6) is -0.167. The zero-order valence-corrected chi connectivity index (χ0v) is 9.72. The van der Waals surface area contributed by atoms with Gasteiger partial charge in [0, 0.05) is 19.3 Å². The molecule has 1 atom stereocenters. The van der Waals surface area contributed by atoms with E-state index in [0.717, 1.165) is 0 Å². The number of aliphatic hydroxyl groups is 1. The number of aromatic hydroxyl groups is 1. The molecule has 1 aromatic carbocycles. The molecule has 0 saturated heterocycles. The maximum absolute atomic E-state index is 11.7. The first kappa shape index (κ1) is 13.5. The molecule has 17 heavy (non-hydrogen) atoms. The smallest absolute Gasteiger partial charge is 0.251 e. The number of hydrogen-bond donors (Lipinski definition) is 3. The molecule has 0 aliphatic carbocycles. The number of amides is 1. The lowest BCUT2D eigenvalue weighted by molar-refractivity contribution is 0.0895. The fourth-order valence-electron chi connectivity index (χ4n) is 1.35. The summed E-state index contributed by atoms with van der Waals surface area (Å²) in [5.41, 5.74) is 0.443. The van der Waals surface area contributed by atoms with Crippen LogP contribution in [0.1, 0.15) is 16.8 Å². The molecular formula is C12H17NO4. The Labute approximate surface area is 100 Å². The molecule has 0 spiro atoms. The van der Waals surface area contributed by atoms with Gasteiger partial charge in [-0.3, -0.25) is 4.79 Å².